The van der Waals surface area contributed by atoms with E-state index in [2.05, 4.69) is 16.0 Å². The molecule has 13 atom stereocenters. The number of nitrogens with zero attached hydrogens (tertiary/aromatic N) is 7. The van der Waals surface area contributed by atoms with Gasteiger partial charge in [0.25, 0.3) is 0 Å². The number of aliphatic hydroxyl groups excluding tert-OH is 2. The Morgan fingerprint density at radius 3 is 1.48 bits per heavy atom. The van der Waals surface area contributed by atoms with E-state index in [-0.39, 0.29) is 61.2 Å². The maximum Gasteiger partial charge on any atom is 0.246 e. The van der Waals surface area contributed by atoms with E-state index < -0.39 is 138 Å². The maximum absolute atomic E-state index is 15.2. The molecule has 87 heavy (non-hydrogen) atoms. The fourth-order valence-electron chi connectivity index (χ4n) is 10.7. The van der Waals surface area contributed by atoms with Crippen LogP contribution in [0.5, 0.6) is 0 Å². The van der Waals surface area contributed by atoms with Gasteiger partial charge in [-0.3, -0.25) is 52.8 Å². The molecule has 0 aliphatic heterocycles. The third-order valence-corrected chi connectivity index (χ3v) is 16.9. The highest BCUT2D eigenvalue weighted by Gasteiger charge is 2.45. The smallest absolute Gasteiger partial charge is 0.246 e. The van der Waals surface area contributed by atoms with Crippen molar-refractivity contribution in [3.8, 4) is 0 Å². The zero-order valence-corrected chi connectivity index (χ0v) is 57.8. The number of carbonyl (C=O) groups excluding carboxylic acids is 10. The van der Waals surface area contributed by atoms with E-state index in [1.54, 1.807) is 61.7 Å². The summed E-state index contributed by atoms with van der Waals surface area (Å²) in [6, 6.07) is -9.92. The minimum absolute atomic E-state index is 0.0433. The maximum atomic E-state index is 15.2. The number of unbranched alkanes of at least 4 members (excludes halogenated alkanes) is 1. The van der Waals surface area contributed by atoms with Gasteiger partial charge in [-0.15, -0.1) is 0 Å². The van der Waals surface area contributed by atoms with E-state index in [1.165, 1.54) is 66.7 Å². The number of likely N-dealkylation sites (N-methyl/N-ethyl adjacent to an activating group) is 7. The summed E-state index contributed by atoms with van der Waals surface area (Å²) in [5.74, 6) is -7.39. The summed E-state index contributed by atoms with van der Waals surface area (Å²) >= 11 is 0. The fraction of sp³-hybridized carbons (Fsp3) is 0.812. The molecule has 0 rings (SSSR count). The number of primary amides is 1. The summed E-state index contributed by atoms with van der Waals surface area (Å²) in [7, 11) is 10.3. The molecule has 0 spiro atoms. The Kier molecular flexibility index (Phi) is 36.1. The summed E-state index contributed by atoms with van der Waals surface area (Å²) in [4.78, 5) is 149. The molecule has 0 radical (unpaired) electrons. The summed E-state index contributed by atoms with van der Waals surface area (Å²) in [5.41, 5.74) is 5.62. The molecule has 0 aromatic heterocycles. The van der Waals surface area contributed by atoms with Gasteiger partial charge < -0.3 is 61.3 Å². The highest BCUT2D eigenvalue weighted by atomic mass is 16.3. The first-order chi connectivity index (χ1) is 40.2. The van der Waals surface area contributed by atoms with E-state index in [0.29, 0.717) is 25.7 Å². The Balaban J connectivity index is 7.10. The van der Waals surface area contributed by atoms with Crippen molar-refractivity contribution in [3.63, 3.8) is 0 Å². The third-order valence-electron chi connectivity index (χ3n) is 16.9. The SMILES string of the molecule is C/C=C\C[C@@H](C)[C@H](O)C(C(=O)N[C@@H](CC)C(=O)N(C)CC(=O)N(C)[C@@H](CCCC)C(N)=O)N(C)C(=O)[C@H](C(C)C)N(C)C(=O)[C@@H](CC(C)C)N(C)C(O)[C@H](CC(C)C)N(C)C(=O)[C@H](C)NC(=O)C(CC)NC(=O)[C@H](CC(C)C)N(C)C(=O)[C@@H](C)C(C)C. The van der Waals surface area contributed by atoms with Gasteiger partial charge in [0.15, 0.2) is 0 Å². The van der Waals surface area contributed by atoms with E-state index in [4.69, 9.17) is 5.73 Å². The Labute approximate surface area is 523 Å². The Bertz CT molecular complexity index is 2260. The number of aliphatic hydroxyl groups is 2. The van der Waals surface area contributed by atoms with Gasteiger partial charge in [0.1, 0.15) is 48.5 Å². The molecule has 0 aromatic carbocycles. The lowest BCUT2D eigenvalue weighted by molar-refractivity contribution is -0.158. The van der Waals surface area contributed by atoms with E-state index in [0.717, 1.165) is 16.2 Å². The molecular weight excluding hydrogens is 1110 g/mol. The van der Waals surface area contributed by atoms with Crippen LogP contribution in [0.3, 0.4) is 0 Å². The lowest BCUT2D eigenvalue weighted by atomic mass is 9.91. The third kappa shape index (κ3) is 24.3. The summed E-state index contributed by atoms with van der Waals surface area (Å²) in [5, 5.41) is 32.8. The number of nitrogens with one attached hydrogen (secondary N) is 3. The largest absolute Gasteiger partial charge is 0.390 e. The first-order valence-corrected chi connectivity index (χ1v) is 31.7. The second-order valence-electron chi connectivity index (χ2n) is 26.2. The van der Waals surface area contributed by atoms with Crippen LogP contribution in [0.15, 0.2) is 12.2 Å². The van der Waals surface area contributed by atoms with Crippen molar-refractivity contribution >= 4 is 59.1 Å². The number of hydrogen-bond donors (Lipinski definition) is 6. The van der Waals surface area contributed by atoms with Crippen LogP contribution in [-0.2, 0) is 47.9 Å². The summed E-state index contributed by atoms with van der Waals surface area (Å²) in [6.45, 7) is 30.6. The molecule has 0 saturated carbocycles. The molecule has 23 heteroatoms. The second kappa shape index (κ2) is 38.7. The van der Waals surface area contributed by atoms with Crippen LogP contribution in [-0.4, -0.2) is 226 Å². The molecule has 10 amide bonds. The van der Waals surface area contributed by atoms with Crippen LogP contribution in [0.25, 0.3) is 0 Å². The van der Waals surface area contributed by atoms with Crippen LogP contribution < -0.4 is 21.7 Å². The fourth-order valence-corrected chi connectivity index (χ4v) is 10.7. The number of allylic oxidation sites excluding steroid dienone is 2. The van der Waals surface area contributed by atoms with Gasteiger partial charge in [-0.25, -0.2) is 0 Å². The molecule has 0 bridgehead atoms. The van der Waals surface area contributed by atoms with Crippen molar-refractivity contribution in [1.82, 2.24) is 50.2 Å². The average Bonchev–Trinajstić information content (AvgIpc) is 2.50. The standard InChI is InChI=1S/C64H119N11O12/c1-25-29-31-42(15)54(77)53(58(81)68-46(28-4)61(84)69(18)36-51(76)70(19)47(55(65)78)32-30-26-2)75(24)64(87)52(41(13)14)74(23)63(86)50(35-39(9)10)73(22)62(85)49(34-38(7)8)72(21)60(83)44(17)66-56(79)45(27-3)67-57(80)48(33-37(5)6)71(20)59(82)43(16)40(11)12/h25,29,37-50,52-54,62,77,85H,26-28,30-36H2,1-24H3,(H2,65,78)(H,66,79)(H,67,80)(H,68,81)/b29-25-/t42-,43+,44+,45?,46+,47+,48+,49+,50-,52+,53?,54+,62?/m1/s1. The molecule has 0 aliphatic carbocycles. The predicted octanol–water partition coefficient (Wildman–Crippen LogP) is 4.22. The first kappa shape index (κ1) is 81.3. The lowest BCUT2D eigenvalue weighted by Gasteiger charge is -2.43. The normalized spacial score (nSPS) is 16.4. The van der Waals surface area contributed by atoms with E-state index >= 15 is 9.59 Å². The molecule has 23 nitrogen and oxygen atoms in total. The molecule has 0 aliphatic rings. The molecule has 502 valence electrons. The van der Waals surface area contributed by atoms with Gasteiger partial charge in [0.2, 0.25) is 59.1 Å². The van der Waals surface area contributed by atoms with Gasteiger partial charge in [-0.2, -0.15) is 0 Å². The Morgan fingerprint density at radius 2 is 1.02 bits per heavy atom. The number of carbonyl (C=O) groups is 10. The van der Waals surface area contributed by atoms with E-state index in [1.807, 2.05) is 75.3 Å². The van der Waals surface area contributed by atoms with Crippen LogP contribution >= 0.6 is 0 Å². The van der Waals surface area contributed by atoms with Crippen LogP contribution in [0.2, 0.25) is 0 Å². The minimum Gasteiger partial charge on any atom is -0.390 e. The van der Waals surface area contributed by atoms with Crippen molar-refractivity contribution in [3.05, 3.63) is 12.2 Å². The molecular formula is C64H119N11O12. The quantitative estimate of drug-likeness (QED) is 0.0372. The molecule has 3 unspecified atom stereocenters. The van der Waals surface area contributed by atoms with Crippen molar-refractivity contribution < 1.29 is 58.2 Å². The van der Waals surface area contributed by atoms with Crippen LogP contribution in [0.1, 0.15) is 175 Å². The van der Waals surface area contributed by atoms with Crippen LogP contribution in [0.4, 0.5) is 0 Å². The predicted molar refractivity (Wildman–Crippen MR) is 341 cm³/mol. The van der Waals surface area contributed by atoms with Gasteiger partial charge in [-0.1, -0.05) is 129 Å². The molecule has 0 heterocycles. The van der Waals surface area contributed by atoms with Gasteiger partial charge >= 0.3 is 0 Å². The van der Waals surface area contributed by atoms with Crippen molar-refractivity contribution in [1.29, 1.82) is 0 Å². The second-order valence-corrected chi connectivity index (χ2v) is 26.2. The molecule has 7 N–H and O–H groups in total. The van der Waals surface area contributed by atoms with Gasteiger partial charge in [-0.05, 0) is 101 Å². The van der Waals surface area contributed by atoms with Crippen molar-refractivity contribution in [2.45, 2.75) is 242 Å². The molecule has 0 fully saturated rings. The zero-order valence-electron chi connectivity index (χ0n) is 57.8. The Morgan fingerprint density at radius 1 is 0.517 bits per heavy atom. The van der Waals surface area contributed by atoms with Gasteiger partial charge in [0, 0.05) is 48.2 Å². The number of nitrogens with two attached hydrogens (primary N) is 1. The topological polar surface area (TPSA) is 296 Å². The average molecular weight is 1230 g/mol. The summed E-state index contributed by atoms with van der Waals surface area (Å²) < 4.78 is 0. The van der Waals surface area contributed by atoms with E-state index in [9.17, 15) is 48.6 Å². The number of amides is 10. The first-order valence-electron chi connectivity index (χ1n) is 31.7. The van der Waals surface area contributed by atoms with Crippen molar-refractivity contribution in [2.75, 3.05) is 55.9 Å². The van der Waals surface area contributed by atoms with Gasteiger partial charge in [0.05, 0.1) is 24.7 Å². The number of rotatable bonds is 39. The zero-order chi connectivity index (χ0) is 67.8. The van der Waals surface area contributed by atoms with Crippen LogP contribution in [0, 0.1) is 41.4 Å². The minimum atomic E-state index is -1.58. The lowest BCUT2D eigenvalue weighted by Crippen LogP contribution is -2.64. The highest BCUT2D eigenvalue weighted by Crippen LogP contribution is 2.27. The monoisotopic (exact) mass is 1230 g/mol. The molecule has 0 aromatic rings. The Hall–Kier alpha value is -5.68. The summed E-state index contributed by atoms with van der Waals surface area (Å²) in [6.07, 6.45) is 3.83. The highest BCUT2D eigenvalue weighted by molar-refractivity contribution is 5.97. The van der Waals surface area contributed by atoms with Crippen molar-refractivity contribution in [2.24, 2.45) is 47.2 Å². The number of hydrogen-bond acceptors (Lipinski definition) is 13. The molecule has 0 saturated heterocycles.